The van der Waals surface area contributed by atoms with Crippen LogP contribution in [0.5, 0.6) is 0 Å². The van der Waals surface area contributed by atoms with Gasteiger partial charge in [0.25, 0.3) is 0 Å². The normalized spacial score (nSPS) is 11.1. The summed E-state index contributed by atoms with van der Waals surface area (Å²) in [6.07, 6.45) is 4.67. The maximum absolute atomic E-state index is 5.62. The Hall–Kier alpha value is -2.30. The number of nitrogens with zero attached hydrogens (tertiary/aromatic N) is 2. The maximum Gasteiger partial charge on any atom is 0.198 e. The molecule has 0 unspecified atom stereocenters. The van der Waals surface area contributed by atoms with Crippen molar-refractivity contribution >= 4 is 16.9 Å². The molecule has 5 heteroatoms. The third kappa shape index (κ3) is 1.99. The zero-order valence-electron chi connectivity index (χ0n) is 9.09. The highest BCUT2D eigenvalue weighted by Crippen LogP contribution is 2.17. The van der Waals surface area contributed by atoms with Crippen molar-refractivity contribution < 1.29 is 8.83 Å². The third-order valence-corrected chi connectivity index (χ3v) is 2.48. The molecule has 3 heterocycles. The fourth-order valence-electron chi connectivity index (χ4n) is 1.67. The Labute approximate surface area is 97.3 Å². The van der Waals surface area contributed by atoms with Crippen molar-refractivity contribution in [2.45, 2.75) is 12.8 Å². The molecule has 3 aromatic rings. The van der Waals surface area contributed by atoms with E-state index in [-0.39, 0.29) is 0 Å². The predicted octanol–water partition coefficient (Wildman–Crippen LogP) is 2.18. The first-order valence-electron chi connectivity index (χ1n) is 5.34. The summed E-state index contributed by atoms with van der Waals surface area (Å²) in [5.41, 5.74) is 7.41. The number of oxazole rings is 1. The number of pyridine rings is 1. The fraction of sp³-hybridized carbons (Fsp3) is 0.167. The van der Waals surface area contributed by atoms with E-state index in [4.69, 9.17) is 14.6 Å². The molecule has 17 heavy (non-hydrogen) atoms. The van der Waals surface area contributed by atoms with Crippen molar-refractivity contribution in [1.82, 2.24) is 9.97 Å². The Bertz CT molecular complexity index is 628. The standard InChI is InChI=1S/C12H11N3O2/c13-8-6-10-12(14-7-8)15-11(17-10)4-3-9-2-1-5-16-9/h1-2,5-7H,3-4,13H2. The van der Waals surface area contributed by atoms with Gasteiger partial charge in [-0.15, -0.1) is 0 Å². The minimum absolute atomic E-state index is 0.575. The SMILES string of the molecule is Nc1cnc2nc(CCc3ccco3)oc2c1. The monoisotopic (exact) mass is 229 g/mol. The van der Waals surface area contributed by atoms with E-state index in [1.807, 2.05) is 12.1 Å². The van der Waals surface area contributed by atoms with Gasteiger partial charge in [0.1, 0.15) is 5.76 Å². The van der Waals surface area contributed by atoms with Gasteiger partial charge in [0.2, 0.25) is 0 Å². The minimum Gasteiger partial charge on any atom is -0.469 e. The summed E-state index contributed by atoms with van der Waals surface area (Å²) < 4.78 is 10.8. The topological polar surface area (TPSA) is 78.1 Å². The molecule has 0 fully saturated rings. The van der Waals surface area contributed by atoms with Gasteiger partial charge in [0.15, 0.2) is 17.1 Å². The van der Waals surface area contributed by atoms with Gasteiger partial charge in [-0.2, -0.15) is 4.98 Å². The summed E-state index contributed by atoms with van der Waals surface area (Å²) in [6, 6.07) is 5.52. The lowest BCUT2D eigenvalue weighted by molar-refractivity contribution is 0.480. The summed E-state index contributed by atoms with van der Waals surface area (Å²) in [6.45, 7) is 0. The Kier molecular flexibility index (Phi) is 2.29. The fourth-order valence-corrected chi connectivity index (χ4v) is 1.67. The predicted molar refractivity (Wildman–Crippen MR) is 62.3 cm³/mol. The highest BCUT2D eigenvalue weighted by Gasteiger charge is 2.08. The number of fused-ring (bicyclic) bond motifs is 1. The molecule has 0 aliphatic rings. The van der Waals surface area contributed by atoms with Gasteiger partial charge >= 0.3 is 0 Å². The number of furan rings is 1. The van der Waals surface area contributed by atoms with Crippen LogP contribution in [0.15, 0.2) is 39.5 Å². The number of nitrogens with two attached hydrogens (primary N) is 1. The maximum atomic E-state index is 5.62. The average molecular weight is 229 g/mol. The van der Waals surface area contributed by atoms with E-state index in [9.17, 15) is 0 Å². The van der Waals surface area contributed by atoms with Crippen LogP contribution >= 0.6 is 0 Å². The van der Waals surface area contributed by atoms with Crippen LogP contribution in [0.2, 0.25) is 0 Å². The number of hydrogen-bond donors (Lipinski definition) is 1. The number of aromatic nitrogens is 2. The molecule has 0 atom stereocenters. The molecule has 0 amide bonds. The molecule has 0 radical (unpaired) electrons. The second-order valence-corrected chi connectivity index (χ2v) is 3.78. The summed E-state index contributed by atoms with van der Waals surface area (Å²) in [5, 5.41) is 0. The number of aryl methyl sites for hydroxylation is 2. The Morgan fingerprint density at radius 2 is 2.24 bits per heavy atom. The van der Waals surface area contributed by atoms with Crippen molar-refractivity contribution in [1.29, 1.82) is 0 Å². The van der Waals surface area contributed by atoms with Crippen LogP contribution < -0.4 is 5.73 Å². The number of anilines is 1. The van der Waals surface area contributed by atoms with Gasteiger partial charge in [-0.3, -0.25) is 0 Å². The van der Waals surface area contributed by atoms with Crippen LogP contribution in [0.3, 0.4) is 0 Å². The van der Waals surface area contributed by atoms with Gasteiger partial charge in [-0.1, -0.05) is 0 Å². The van der Waals surface area contributed by atoms with E-state index < -0.39 is 0 Å². The first-order chi connectivity index (χ1) is 8.31. The molecule has 0 aromatic carbocycles. The van der Waals surface area contributed by atoms with Crippen molar-refractivity contribution in [2.24, 2.45) is 0 Å². The van der Waals surface area contributed by atoms with Crippen molar-refractivity contribution in [3.8, 4) is 0 Å². The quantitative estimate of drug-likeness (QED) is 0.744. The number of rotatable bonds is 3. The lowest BCUT2D eigenvalue weighted by Gasteiger charge is -1.91. The average Bonchev–Trinajstić information content (AvgIpc) is 2.94. The minimum atomic E-state index is 0.575. The Morgan fingerprint density at radius 3 is 3.06 bits per heavy atom. The molecule has 0 bridgehead atoms. The van der Waals surface area contributed by atoms with E-state index in [1.54, 1.807) is 18.5 Å². The Morgan fingerprint density at radius 1 is 1.29 bits per heavy atom. The second kappa shape index (κ2) is 3.93. The molecule has 0 saturated heterocycles. The summed E-state index contributed by atoms with van der Waals surface area (Å²) in [4.78, 5) is 8.37. The molecule has 2 N–H and O–H groups in total. The van der Waals surface area contributed by atoms with Crippen molar-refractivity contribution in [3.05, 3.63) is 42.3 Å². The molecule has 0 spiro atoms. The van der Waals surface area contributed by atoms with Crippen molar-refractivity contribution in [2.75, 3.05) is 5.73 Å². The zero-order valence-corrected chi connectivity index (χ0v) is 9.09. The highest BCUT2D eigenvalue weighted by atomic mass is 16.3. The smallest absolute Gasteiger partial charge is 0.198 e. The molecule has 3 rings (SSSR count). The summed E-state index contributed by atoms with van der Waals surface area (Å²) in [5.74, 6) is 1.56. The molecule has 86 valence electrons. The Balaban J connectivity index is 1.81. The second-order valence-electron chi connectivity index (χ2n) is 3.78. The van der Waals surface area contributed by atoms with Crippen LogP contribution in [0.1, 0.15) is 11.7 Å². The van der Waals surface area contributed by atoms with Crippen LogP contribution in [0.4, 0.5) is 5.69 Å². The molecule has 5 nitrogen and oxygen atoms in total. The molecular formula is C12H11N3O2. The third-order valence-electron chi connectivity index (χ3n) is 2.48. The van der Waals surface area contributed by atoms with Crippen LogP contribution in [-0.2, 0) is 12.8 Å². The lowest BCUT2D eigenvalue weighted by atomic mass is 10.2. The van der Waals surface area contributed by atoms with Gasteiger partial charge < -0.3 is 14.6 Å². The first-order valence-corrected chi connectivity index (χ1v) is 5.34. The number of hydrogen-bond acceptors (Lipinski definition) is 5. The molecule has 0 aliphatic heterocycles. The van der Waals surface area contributed by atoms with Gasteiger partial charge in [0.05, 0.1) is 18.1 Å². The molecule has 0 saturated carbocycles. The van der Waals surface area contributed by atoms with E-state index >= 15 is 0 Å². The van der Waals surface area contributed by atoms with Gasteiger partial charge in [-0.05, 0) is 12.1 Å². The summed E-state index contributed by atoms with van der Waals surface area (Å²) >= 11 is 0. The molecule has 0 aliphatic carbocycles. The van der Waals surface area contributed by atoms with Gasteiger partial charge in [0, 0.05) is 18.9 Å². The lowest BCUT2D eigenvalue weighted by Crippen LogP contribution is -1.89. The summed E-state index contributed by atoms with van der Waals surface area (Å²) in [7, 11) is 0. The van der Waals surface area contributed by atoms with Crippen LogP contribution in [-0.4, -0.2) is 9.97 Å². The molecular weight excluding hydrogens is 218 g/mol. The van der Waals surface area contributed by atoms with Gasteiger partial charge in [-0.25, -0.2) is 4.98 Å². The van der Waals surface area contributed by atoms with Crippen LogP contribution in [0, 0.1) is 0 Å². The first kappa shape index (κ1) is 9.89. The van der Waals surface area contributed by atoms with E-state index in [2.05, 4.69) is 9.97 Å². The zero-order chi connectivity index (χ0) is 11.7. The largest absolute Gasteiger partial charge is 0.469 e. The highest BCUT2D eigenvalue weighted by molar-refractivity contribution is 5.71. The molecule has 3 aromatic heterocycles. The van der Waals surface area contributed by atoms with Crippen molar-refractivity contribution in [3.63, 3.8) is 0 Å². The van der Waals surface area contributed by atoms with E-state index in [0.29, 0.717) is 29.2 Å². The van der Waals surface area contributed by atoms with E-state index in [1.165, 1.54) is 0 Å². The van der Waals surface area contributed by atoms with Crippen LogP contribution in [0.25, 0.3) is 11.2 Å². The number of nitrogen functional groups attached to an aromatic ring is 1. The van der Waals surface area contributed by atoms with E-state index in [0.717, 1.165) is 12.2 Å².